The summed E-state index contributed by atoms with van der Waals surface area (Å²) >= 11 is 6.48. The van der Waals surface area contributed by atoms with Gasteiger partial charge in [-0.25, -0.2) is 4.98 Å². The van der Waals surface area contributed by atoms with E-state index < -0.39 is 0 Å². The molecule has 2 rings (SSSR count). The molecular formula is C13H13N3S2. The van der Waals surface area contributed by atoms with Crippen LogP contribution in [0.2, 0.25) is 0 Å². The minimum Gasteiger partial charge on any atom is -0.262 e. The van der Waals surface area contributed by atoms with Gasteiger partial charge in [0.15, 0.2) is 4.32 Å². The maximum absolute atomic E-state index is 5.02. The fraction of sp³-hybridized carbons (Fsp3) is 0.154. The van der Waals surface area contributed by atoms with Crippen molar-refractivity contribution in [3.63, 3.8) is 0 Å². The molecule has 0 fully saturated rings. The van der Waals surface area contributed by atoms with Crippen LogP contribution in [0, 0.1) is 0 Å². The number of thioether (sulfide) groups is 1. The highest BCUT2D eigenvalue weighted by molar-refractivity contribution is 8.22. The van der Waals surface area contributed by atoms with E-state index >= 15 is 0 Å². The molecular weight excluding hydrogens is 262 g/mol. The van der Waals surface area contributed by atoms with Gasteiger partial charge >= 0.3 is 0 Å². The van der Waals surface area contributed by atoms with E-state index in [9.17, 15) is 0 Å². The van der Waals surface area contributed by atoms with Gasteiger partial charge in [-0.05, 0) is 25.3 Å². The van der Waals surface area contributed by atoms with E-state index in [1.54, 1.807) is 0 Å². The number of nitrogens with zero attached hydrogens (tertiary/aromatic N) is 2. The third-order valence-electron chi connectivity index (χ3n) is 2.47. The Morgan fingerprint density at radius 2 is 2.06 bits per heavy atom. The molecule has 1 heterocycles. The molecule has 0 aliphatic heterocycles. The van der Waals surface area contributed by atoms with E-state index in [1.165, 1.54) is 11.8 Å². The highest BCUT2D eigenvalue weighted by Crippen LogP contribution is 2.12. The van der Waals surface area contributed by atoms with Crippen molar-refractivity contribution in [2.24, 2.45) is 5.10 Å². The first kappa shape index (κ1) is 13.0. The number of benzene rings is 1. The van der Waals surface area contributed by atoms with Crippen LogP contribution in [0.1, 0.15) is 12.6 Å². The molecule has 5 heteroatoms. The normalized spacial score (nSPS) is 11.6. The predicted octanol–water partition coefficient (Wildman–Crippen LogP) is 3.20. The topological polar surface area (TPSA) is 37.3 Å². The molecule has 0 saturated carbocycles. The SMILES string of the molecule is CSC(=S)N/N=C(\C)c1ccc2ccccc2n1. The lowest BCUT2D eigenvalue weighted by Gasteiger charge is -2.03. The van der Waals surface area contributed by atoms with Crippen LogP contribution in [0.4, 0.5) is 0 Å². The first-order valence-corrected chi connectivity index (χ1v) is 7.08. The Balaban J connectivity index is 2.27. The highest BCUT2D eigenvalue weighted by atomic mass is 32.2. The van der Waals surface area contributed by atoms with E-state index in [0.29, 0.717) is 4.32 Å². The number of thiocarbonyl (C=S) groups is 1. The molecule has 1 aromatic heterocycles. The van der Waals surface area contributed by atoms with Gasteiger partial charge in [0.25, 0.3) is 0 Å². The largest absolute Gasteiger partial charge is 0.262 e. The van der Waals surface area contributed by atoms with Gasteiger partial charge in [-0.15, -0.1) is 0 Å². The van der Waals surface area contributed by atoms with Crippen molar-refractivity contribution in [1.82, 2.24) is 10.4 Å². The summed E-state index contributed by atoms with van der Waals surface area (Å²) in [6, 6.07) is 12.0. The summed E-state index contributed by atoms with van der Waals surface area (Å²) in [4.78, 5) is 4.56. The van der Waals surface area contributed by atoms with Gasteiger partial charge in [-0.3, -0.25) is 5.43 Å². The number of hydrazone groups is 1. The third-order valence-corrected chi connectivity index (χ3v) is 3.52. The van der Waals surface area contributed by atoms with Gasteiger partial charge in [0.05, 0.1) is 16.9 Å². The summed E-state index contributed by atoms with van der Waals surface area (Å²) in [5.74, 6) is 0. The standard InChI is InChI=1S/C13H13N3S2/c1-9(15-16-13(17)18-2)11-8-7-10-5-3-4-6-12(10)14-11/h3-8H,1-2H3,(H,16,17)/b15-9+. The second-order valence-corrected chi connectivity index (χ2v) is 5.17. The van der Waals surface area contributed by atoms with Gasteiger partial charge in [-0.2, -0.15) is 5.10 Å². The average molecular weight is 275 g/mol. The molecule has 0 amide bonds. The number of fused-ring (bicyclic) bond motifs is 1. The Bertz CT molecular complexity index is 608. The molecule has 1 aromatic carbocycles. The summed E-state index contributed by atoms with van der Waals surface area (Å²) in [6.45, 7) is 1.91. The summed E-state index contributed by atoms with van der Waals surface area (Å²) in [5, 5.41) is 5.34. The van der Waals surface area contributed by atoms with Crippen molar-refractivity contribution >= 4 is 44.9 Å². The van der Waals surface area contributed by atoms with E-state index in [4.69, 9.17) is 12.2 Å². The van der Waals surface area contributed by atoms with Crippen LogP contribution < -0.4 is 5.43 Å². The van der Waals surface area contributed by atoms with Crippen molar-refractivity contribution in [3.05, 3.63) is 42.1 Å². The summed E-state index contributed by atoms with van der Waals surface area (Å²) < 4.78 is 0.648. The maximum Gasteiger partial charge on any atom is 0.153 e. The number of hydrogen-bond acceptors (Lipinski definition) is 4. The molecule has 0 aliphatic carbocycles. The Morgan fingerprint density at radius 3 is 2.83 bits per heavy atom. The van der Waals surface area contributed by atoms with E-state index in [2.05, 4.69) is 15.5 Å². The van der Waals surface area contributed by atoms with Gasteiger partial charge in [0.2, 0.25) is 0 Å². The van der Waals surface area contributed by atoms with Crippen LogP contribution in [0.15, 0.2) is 41.5 Å². The minimum atomic E-state index is 0.648. The summed E-state index contributed by atoms with van der Waals surface area (Å²) in [6.07, 6.45) is 1.91. The first-order chi connectivity index (χ1) is 8.70. The second-order valence-electron chi connectivity index (χ2n) is 3.69. The lowest BCUT2D eigenvalue weighted by molar-refractivity contribution is 1.05. The lowest BCUT2D eigenvalue weighted by atomic mass is 10.2. The molecule has 0 radical (unpaired) electrons. The summed E-state index contributed by atoms with van der Waals surface area (Å²) in [5.41, 5.74) is 5.46. The molecule has 18 heavy (non-hydrogen) atoms. The summed E-state index contributed by atoms with van der Waals surface area (Å²) in [7, 11) is 0. The molecule has 0 saturated heterocycles. The van der Waals surface area contributed by atoms with Crippen LogP contribution >= 0.6 is 24.0 Å². The molecule has 3 nitrogen and oxygen atoms in total. The number of pyridine rings is 1. The second kappa shape index (κ2) is 5.93. The zero-order chi connectivity index (χ0) is 13.0. The third kappa shape index (κ3) is 3.05. The number of para-hydroxylation sites is 1. The first-order valence-electron chi connectivity index (χ1n) is 5.45. The fourth-order valence-corrected chi connectivity index (χ4v) is 1.68. The Kier molecular flexibility index (Phi) is 4.28. The van der Waals surface area contributed by atoms with Crippen molar-refractivity contribution in [2.75, 3.05) is 6.26 Å². The fourth-order valence-electron chi connectivity index (χ4n) is 1.50. The zero-order valence-corrected chi connectivity index (χ0v) is 11.8. The van der Waals surface area contributed by atoms with Crippen LogP contribution in [0.5, 0.6) is 0 Å². The van der Waals surface area contributed by atoms with Crippen LogP contribution in [0.25, 0.3) is 10.9 Å². The van der Waals surface area contributed by atoms with E-state index in [1.807, 2.05) is 49.6 Å². The maximum atomic E-state index is 5.02. The van der Waals surface area contributed by atoms with Gasteiger partial charge in [-0.1, -0.05) is 48.2 Å². The molecule has 2 aromatic rings. The highest BCUT2D eigenvalue weighted by Gasteiger charge is 2.01. The average Bonchev–Trinajstić information content (AvgIpc) is 2.43. The van der Waals surface area contributed by atoms with Gasteiger partial charge in [0.1, 0.15) is 0 Å². The minimum absolute atomic E-state index is 0.648. The molecule has 0 aliphatic rings. The molecule has 1 N–H and O–H groups in total. The molecule has 0 unspecified atom stereocenters. The van der Waals surface area contributed by atoms with Gasteiger partial charge < -0.3 is 0 Å². The van der Waals surface area contributed by atoms with Crippen LogP contribution in [-0.2, 0) is 0 Å². The Hall–Kier alpha value is -1.46. The quantitative estimate of drug-likeness (QED) is 0.519. The Morgan fingerprint density at radius 1 is 1.28 bits per heavy atom. The Labute approximate surface area is 116 Å². The molecule has 0 spiro atoms. The number of aromatic nitrogens is 1. The molecule has 0 bridgehead atoms. The van der Waals surface area contributed by atoms with E-state index in [-0.39, 0.29) is 0 Å². The number of hydrogen-bond donors (Lipinski definition) is 1. The van der Waals surface area contributed by atoms with Crippen molar-refractivity contribution < 1.29 is 0 Å². The van der Waals surface area contributed by atoms with Gasteiger partial charge in [0, 0.05) is 5.39 Å². The number of rotatable bonds is 2. The van der Waals surface area contributed by atoms with Crippen molar-refractivity contribution in [1.29, 1.82) is 0 Å². The van der Waals surface area contributed by atoms with Crippen molar-refractivity contribution in [2.45, 2.75) is 6.92 Å². The van der Waals surface area contributed by atoms with E-state index in [0.717, 1.165) is 22.3 Å². The van der Waals surface area contributed by atoms with Crippen LogP contribution in [0.3, 0.4) is 0 Å². The smallest absolute Gasteiger partial charge is 0.153 e. The molecule has 0 atom stereocenters. The number of nitrogens with one attached hydrogen (secondary N) is 1. The molecule has 92 valence electrons. The van der Waals surface area contributed by atoms with Crippen LogP contribution in [-0.4, -0.2) is 21.3 Å². The lowest BCUT2D eigenvalue weighted by Crippen LogP contribution is -2.13. The van der Waals surface area contributed by atoms with Crippen molar-refractivity contribution in [3.8, 4) is 0 Å². The predicted molar refractivity (Wildman–Crippen MR) is 83.2 cm³/mol. The zero-order valence-electron chi connectivity index (χ0n) is 10.2. The monoisotopic (exact) mass is 275 g/mol.